The summed E-state index contributed by atoms with van der Waals surface area (Å²) < 4.78 is 6.59. The summed E-state index contributed by atoms with van der Waals surface area (Å²) >= 11 is 6.05. The summed E-state index contributed by atoms with van der Waals surface area (Å²) in [6, 6.07) is 3.74. The lowest BCUT2D eigenvalue weighted by molar-refractivity contribution is 0.0674. The number of hydrogen-bond donors (Lipinski definition) is 0. The summed E-state index contributed by atoms with van der Waals surface area (Å²) in [5.41, 5.74) is 1.24. The molecule has 112 valence electrons. The van der Waals surface area contributed by atoms with Crippen LogP contribution in [-0.2, 0) is 18.3 Å². The maximum Gasteiger partial charge on any atom is 0.276 e. The fourth-order valence-corrected chi connectivity index (χ4v) is 2.18. The monoisotopic (exact) mass is 308 g/mol. The number of methoxy groups -OCH3 is 1. The number of aryl methyl sites for hydroxylation is 1. The second kappa shape index (κ2) is 7.19. The maximum absolute atomic E-state index is 12.6. The highest BCUT2D eigenvalue weighted by molar-refractivity contribution is 6.33. The number of hydrogen-bond acceptors (Lipinski definition) is 4. The summed E-state index contributed by atoms with van der Waals surface area (Å²) in [4.78, 5) is 18.2. The topological polar surface area (TPSA) is 60.2 Å². The molecular formula is C14H17ClN4O2. The van der Waals surface area contributed by atoms with Crippen LogP contribution in [-0.4, -0.2) is 45.8 Å². The van der Waals surface area contributed by atoms with Gasteiger partial charge < -0.3 is 9.64 Å². The first-order valence-electron chi connectivity index (χ1n) is 6.48. The Labute approximate surface area is 128 Å². The third-order valence-corrected chi connectivity index (χ3v) is 3.24. The summed E-state index contributed by atoms with van der Waals surface area (Å²) in [5.74, 6) is -0.213. The van der Waals surface area contributed by atoms with Crippen LogP contribution in [0.4, 0.5) is 0 Å². The molecule has 1 amide bonds. The number of ether oxygens (including phenoxy) is 1. The molecule has 0 bridgehead atoms. The van der Waals surface area contributed by atoms with E-state index < -0.39 is 0 Å². The molecule has 2 aromatic heterocycles. The second-order valence-electron chi connectivity index (χ2n) is 4.57. The number of pyridine rings is 1. The Morgan fingerprint density at radius 3 is 2.71 bits per heavy atom. The lowest BCUT2D eigenvalue weighted by atomic mass is 10.2. The zero-order chi connectivity index (χ0) is 15.2. The molecule has 6 nitrogen and oxygen atoms in total. The van der Waals surface area contributed by atoms with Gasteiger partial charge in [-0.15, -0.1) is 0 Å². The third-order valence-electron chi connectivity index (χ3n) is 2.96. The molecule has 0 spiro atoms. The van der Waals surface area contributed by atoms with Crippen molar-refractivity contribution in [3.63, 3.8) is 0 Å². The number of rotatable bonds is 6. The molecule has 0 N–H and O–H groups in total. The zero-order valence-corrected chi connectivity index (χ0v) is 12.7. The van der Waals surface area contributed by atoms with Crippen LogP contribution in [0.15, 0.2) is 30.7 Å². The highest BCUT2D eigenvalue weighted by Gasteiger charge is 2.21. The van der Waals surface area contributed by atoms with Gasteiger partial charge in [0.15, 0.2) is 5.69 Å². The van der Waals surface area contributed by atoms with Crippen molar-refractivity contribution in [1.82, 2.24) is 19.7 Å². The van der Waals surface area contributed by atoms with Crippen molar-refractivity contribution in [3.05, 3.63) is 47.0 Å². The number of carbonyl (C=O) groups excluding carboxylic acids is 1. The number of carbonyl (C=O) groups is 1. The molecule has 0 aliphatic rings. The van der Waals surface area contributed by atoms with Crippen molar-refractivity contribution in [2.24, 2.45) is 7.05 Å². The molecule has 2 aromatic rings. The van der Waals surface area contributed by atoms with Gasteiger partial charge in [-0.1, -0.05) is 11.6 Å². The largest absolute Gasteiger partial charge is 0.383 e. The number of nitrogens with zero attached hydrogens (tertiary/aromatic N) is 4. The first-order chi connectivity index (χ1) is 10.1. The van der Waals surface area contributed by atoms with Gasteiger partial charge in [-0.3, -0.25) is 14.5 Å². The lowest BCUT2D eigenvalue weighted by Gasteiger charge is -2.21. The van der Waals surface area contributed by atoms with Crippen molar-refractivity contribution >= 4 is 17.5 Å². The minimum absolute atomic E-state index is 0.213. The highest BCUT2D eigenvalue weighted by atomic mass is 35.5. The number of aromatic nitrogens is 3. The molecule has 0 atom stereocenters. The van der Waals surface area contributed by atoms with E-state index in [1.165, 1.54) is 4.68 Å². The molecule has 0 unspecified atom stereocenters. The number of halogens is 1. The van der Waals surface area contributed by atoms with Gasteiger partial charge in [0, 0.05) is 45.8 Å². The molecule has 0 fully saturated rings. The fraction of sp³-hybridized carbons (Fsp3) is 0.357. The van der Waals surface area contributed by atoms with Gasteiger partial charge in [0.05, 0.1) is 11.6 Å². The van der Waals surface area contributed by atoms with Crippen LogP contribution in [0.1, 0.15) is 16.1 Å². The Hall–Kier alpha value is -1.92. The van der Waals surface area contributed by atoms with Gasteiger partial charge >= 0.3 is 0 Å². The van der Waals surface area contributed by atoms with Crippen LogP contribution >= 0.6 is 11.6 Å². The van der Waals surface area contributed by atoms with E-state index in [9.17, 15) is 4.79 Å². The normalized spacial score (nSPS) is 10.6. The molecule has 0 aliphatic heterocycles. The first kappa shape index (κ1) is 15.5. The van der Waals surface area contributed by atoms with E-state index in [2.05, 4.69) is 10.1 Å². The Kier molecular flexibility index (Phi) is 5.30. The van der Waals surface area contributed by atoms with E-state index in [1.54, 1.807) is 37.6 Å². The van der Waals surface area contributed by atoms with Gasteiger partial charge in [0.25, 0.3) is 5.91 Å². The van der Waals surface area contributed by atoms with Crippen LogP contribution in [0.5, 0.6) is 0 Å². The maximum atomic E-state index is 12.6. The molecule has 0 aromatic carbocycles. The minimum Gasteiger partial charge on any atom is -0.383 e. The molecule has 0 saturated carbocycles. The van der Waals surface area contributed by atoms with Gasteiger partial charge in [0.1, 0.15) is 0 Å². The van der Waals surface area contributed by atoms with Gasteiger partial charge in [-0.05, 0) is 17.7 Å². The molecule has 2 rings (SSSR count). The van der Waals surface area contributed by atoms with Crippen molar-refractivity contribution in [1.29, 1.82) is 0 Å². The van der Waals surface area contributed by atoms with Crippen LogP contribution < -0.4 is 0 Å². The average Bonchev–Trinajstić information content (AvgIpc) is 2.82. The standard InChI is InChI=1S/C14H17ClN4O2/c1-18-10-12(15)13(17-18)14(20)19(7-8-21-2)9-11-3-5-16-6-4-11/h3-6,10H,7-9H2,1-2H3. The number of amides is 1. The molecular weight excluding hydrogens is 292 g/mol. The predicted octanol–water partition coefficient (Wildman–Crippen LogP) is 1.76. The van der Waals surface area contributed by atoms with E-state index >= 15 is 0 Å². The first-order valence-corrected chi connectivity index (χ1v) is 6.86. The predicted molar refractivity (Wildman–Crippen MR) is 79.1 cm³/mol. The van der Waals surface area contributed by atoms with Crippen LogP contribution in [0.2, 0.25) is 5.02 Å². The van der Waals surface area contributed by atoms with E-state index in [-0.39, 0.29) is 11.6 Å². The molecule has 21 heavy (non-hydrogen) atoms. The van der Waals surface area contributed by atoms with Crippen molar-refractivity contribution < 1.29 is 9.53 Å². The van der Waals surface area contributed by atoms with Gasteiger partial charge in [-0.2, -0.15) is 5.10 Å². The quantitative estimate of drug-likeness (QED) is 0.816. The van der Waals surface area contributed by atoms with E-state index in [1.807, 2.05) is 12.1 Å². The Bertz CT molecular complexity index is 600. The van der Waals surface area contributed by atoms with Crippen molar-refractivity contribution in [2.75, 3.05) is 20.3 Å². The summed E-state index contributed by atoms with van der Waals surface area (Å²) in [5, 5.41) is 4.47. The highest BCUT2D eigenvalue weighted by Crippen LogP contribution is 2.16. The molecule has 7 heteroatoms. The minimum atomic E-state index is -0.213. The van der Waals surface area contributed by atoms with E-state index in [0.29, 0.717) is 24.7 Å². The Morgan fingerprint density at radius 1 is 1.43 bits per heavy atom. The Balaban J connectivity index is 2.19. The zero-order valence-electron chi connectivity index (χ0n) is 12.0. The lowest BCUT2D eigenvalue weighted by Crippen LogP contribution is -2.34. The van der Waals surface area contributed by atoms with Crippen LogP contribution in [0.25, 0.3) is 0 Å². The summed E-state index contributed by atoms with van der Waals surface area (Å²) in [7, 11) is 3.33. The van der Waals surface area contributed by atoms with E-state index in [0.717, 1.165) is 5.56 Å². The smallest absolute Gasteiger partial charge is 0.276 e. The van der Waals surface area contributed by atoms with Crippen molar-refractivity contribution in [2.45, 2.75) is 6.54 Å². The van der Waals surface area contributed by atoms with Gasteiger partial charge in [-0.25, -0.2) is 0 Å². The SMILES string of the molecule is COCCN(Cc1ccncc1)C(=O)c1nn(C)cc1Cl. The van der Waals surface area contributed by atoms with Crippen LogP contribution in [0, 0.1) is 0 Å². The average molecular weight is 309 g/mol. The second-order valence-corrected chi connectivity index (χ2v) is 4.98. The molecule has 0 aliphatic carbocycles. The van der Waals surface area contributed by atoms with Gasteiger partial charge in [0.2, 0.25) is 0 Å². The van der Waals surface area contributed by atoms with E-state index in [4.69, 9.17) is 16.3 Å². The van der Waals surface area contributed by atoms with Crippen molar-refractivity contribution in [3.8, 4) is 0 Å². The molecule has 0 saturated heterocycles. The summed E-state index contributed by atoms with van der Waals surface area (Å²) in [6.07, 6.45) is 5.00. The molecule has 0 radical (unpaired) electrons. The molecule has 2 heterocycles. The van der Waals surface area contributed by atoms with Crippen LogP contribution in [0.3, 0.4) is 0 Å². The Morgan fingerprint density at radius 2 is 2.14 bits per heavy atom. The fourth-order valence-electron chi connectivity index (χ4n) is 1.92. The summed E-state index contributed by atoms with van der Waals surface area (Å²) in [6.45, 7) is 1.36. The third kappa shape index (κ3) is 4.03.